The Morgan fingerprint density at radius 2 is 2.03 bits per heavy atom. The Morgan fingerprint density at radius 1 is 1.23 bits per heavy atom. The molecule has 1 aliphatic rings. The second kappa shape index (κ2) is 9.73. The summed E-state index contributed by atoms with van der Waals surface area (Å²) in [6.45, 7) is 3.28. The predicted molar refractivity (Wildman–Crippen MR) is 137 cm³/mol. The van der Waals surface area contributed by atoms with Gasteiger partial charge in [-0.3, -0.25) is 9.69 Å². The molecule has 1 unspecified atom stereocenters. The summed E-state index contributed by atoms with van der Waals surface area (Å²) < 4.78 is 34.1. The van der Waals surface area contributed by atoms with E-state index >= 15 is 0 Å². The molecular formula is C25H24ClN3O4S2. The minimum atomic E-state index is -3.60. The highest BCUT2D eigenvalue weighted by Crippen LogP contribution is 2.33. The first-order chi connectivity index (χ1) is 16.8. The molecule has 1 atom stereocenters. The molecule has 5 rings (SSSR count). The van der Waals surface area contributed by atoms with Crippen molar-refractivity contribution < 1.29 is 17.6 Å². The van der Waals surface area contributed by atoms with Gasteiger partial charge in [-0.15, -0.1) is 0 Å². The first-order valence-electron chi connectivity index (χ1n) is 11.3. The van der Waals surface area contributed by atoms with Crippen LogP contribution < -0.4 is 4.90 Å². The van der Waals surface area contributed by atoms with Gasteiger partial charge >= 0.3 is 0 Å². The molecule has 0 aliphatic carbocycles. The molecular weight excluding hydrogens is 506 g/mol. The molecule has 0 radical (unpaired) electrons. The number of carbonyl (C=O) groups excluding carboxylic acids is 1. The van der Waals surface area contributed by atoms with E-state index in [1.54, 1.807) is 36.6 Å². The Hall–Kier alpha value is -2.72. The number of rotatable bonds is 6. The molecule has 0 N–H and O–H groups in total. The highest BCUT2D eigenvalue weighted by atomic mass is 35.5. The number of anilines is 1. The predicted octanol–water partition coefficient (Wildman–Crippen LogP) is 5.81. The van der Waals surface area contributed by atoms with Crippen LogP contribution in [0.3, 0.4) is 0 Å². The molecule has 1 aliphatic heterocycles. The van der Waals surface area contributed by atoms with Crippen molar-refractivity contribution >= 4 is 54.2 Å². The highest BCUT2D eigenvalue weighted by Gasteiger charge is 2.29. The zero-order valence-corrected chi connectivity index (χ0v) is 21.4. The first-order valence-corrected chi connectivity index (χ1v) is 14.0. The van der Waals surface area contributed by atoms with Gasteiger partial charge < -0.3 is 4.42 Å². The number of sulfonamides is 1. The summed E-state index contributed by atoms with van der Waals surface area (Å²) in [6.07, 6.45) is 3.44. The Balaban J connectivity index is 1.45. The van der Waals surface area contributed by atoms with Crippen molar-refractivity contribution in [2.45, 2.75) is 31.2 Å². The average Bonchev–Trinajstić information content (AvgIpc) is 3.51. The van der Waals surface area contributed by atoms with Crippen LogP contribution in [0.1, 0.15) is 35.9 Å². The van der Waals surface area contributed by atoms with Crippen LogP contribution in [0.5, 0.6) is 0 Å². The number of halogens is 1. The minimum absolute atomic E-state index is 0.186. The van der Waals surface area contributed by atoms with Crippen molar-refractivity contribution in [3.63, 3.8) is 0 Å². The number of furan rings is 1. The molecule has 4 aromatic rings. The van der Waals surface area contributed by atoms with E-state index in [9.17, 15) is 13.2 Å². The Kier molecular flexibility index (Phi) is 6.67. The van der Waals surface area contributed by atoms with E-state index in [2.05, 4.69) is 11.9 Å². The third-order valence-electron chi connectivity index (χ3n) is 6.07. The van der Waals surface area contributed by atoms with Crippen LogP contribution in [-0.2, 0) is 16.6 Å². The van der Waals surface area contributed by atoms with Gasteiger partial charge in [-0.05, 0) is 73.4 Å². The molecule has 1 amide bonds. The SMILES string of the molecule is CC1CCCN(S(=O)(=O)c2ccc(C(=O)N(Cc3ccco3)c3nc4ccc(Cl)cc4s3)cc2)C1. The molecule has 0 saturated carbocycles. The van der Waals surface area contributed by atoms with Gasteiger partial charge in [0.05, 0.1) is 27.9 Å². The minimum Gasteiger partial charge on any atom is -0.467 e. The zero-order valence-electron chi connectivity index (χ0n) is 19.1. The number of amides is 1. The second-order valence-corrected chi connectivity index (χ2v) is 12.1. The lowest BCUT2D eigenvalue weighted by atomic mass is 10.0. The topological polar surface area (TPSA) is 83.7 Å². The van der Waals surface area contributed by atoms with E-state index in [0.717, 1.165) is 23.1 Å². The number of hydrogen-bond acceptors (Lipinski definition) is 6. The number of aromatic nitrogens is 1. The molecule has 3 heterocycles. The van der Waals surface area contributed by atoms with Crippen LogP contribution >= 0.6 is 22.9 Å². The second-order valence-electron chi connectivity index (χ2n) is 8.71. The smallest absolute Gasteiger partial charge is 0.260 e. The number of piperidine rings is 1. The summed E-state index contributed by atoms with van der Waals surface area (Å²) in [6, 6.07) is 15.1. The third-order valence-corrected chi connectivity index (χ3v) is 9.22. The lowest BCUT2D eigenvalue weighted by Crippen LogP contribution is -2.39. The Labute approximate surface area is 213 Å². The fourth-order valence-corrected chi connectivity index (χ4v) is 7.06. The van der Waals surface area contributed by atoms with Crippen molar-refractivity contribution in [1.29, 1.82) is 0 Å². The normalized spacial score (nSPS) is 17.0. The van der Waals surface area contributed by atoms with E-state index < -0.39 is 10.0 Å². The van der Waals surface area contributed by atoms with Gasteiger partial charge in [-0.2, -0.15) is 4.31 Å². The molecule has 182 valence electrons. The highest BCUT2D eigenvalue weighted by molar-refractivity contribution is 7.89. The number of benzene rings is 2. The average molecular weight is 530 g/mol. The fourth-order valence-electron chi connectivity index (χ4n) is 4.23. The fraction of sp³-hybridized carbons (Fsp3) is 0.280. The monoisotopic (exact) mass is 529 g/mol. The summed E-state index contributed by atoms with van der Waals surface area (Å²) in [5, 5.41) is 1.10. The van der Waals surface area contributed by atoms with E-state index in [0.29, 0.717) is 40.5 Å². The summed E-state index contributed by atoms with van der Waals surface area (Å²) in [7, 11) is -3.60. The van der Waals surface area contributed by atoms with Gasteiger partial charge in [-0.1, -0.05) is 29.9 Å². The number of hydrogen-bond donors (Lipinski definition) is 0. The van der Waals surface area contributed by atoms with Gasteiger partial charge in [0.25, 0.3) is 5.91 Å². The molecule has 2 aromatic heterocycles. The Bertz CT molecular complexity index is 1450. The number of carbonyl (C=O) groups is 1. The van der Waals surface area contributed by atoms with Gasteiger partial charge in [0.1, 0.15) is 5.76 Å². The van der Waals surface area contributed by atoms with Crippen molar-refractivity contribution in [3.8, 4) is 0 Å². The van der Waals surface area contributed by atoms with Gasteiger partial charge in [0, 0.05) is 23.7 Å². The van der Waals surface area contributed by atoms with Crippen molar-refractivity contribution in [2.75, 3.05) is 18.0 Å². The van der Waals surface area contributed by atoms with Gasteiger partial charge in [0.2, 0.25) is 10.0 Å². The maximum atomic E-state index is 13.6. The van der Waals surface area contributed by atoms with Crippen LogP contribution in [0.25, 0.3) is 10.2 Å². The first kappa shape index (κ1) is 24.0. The van der Waals surface area contributed by atoms with E-state index in [1.165, 1.54) is 32.7 Å². The molecule has 1 saturated heterocycles. The summed E-state index contributed by atoms with van der Waals surface area (Å²) in [4.78, 5) is 19.9. The summed E-state index contributed by atoms with van der Waals surface area (Å²) >= 11 is 7.48. The molecule has 0 spiro atoms. The molecule has 7 nitrogen and oxygen atoms in total. The van der Waals surface area contributed by atoms with Crippen LogP contribution in [0.15, 0.2) is 70.2 Å². The molecule has 0 bridgehead atoms. The van der Waals surface area contributed by atoms with Crippen molar-refractivity contribution in [3.05, 3.63) is 77.2 Å². The molecule has 1 fully saturated rings. The number of nitrogens with zero attached hydrogens (tertiary/aromatic N) is 3. The Morgan fingerprint density at radius 3 is 2.74 bits per heavy atom. The largest absolute Gasteiger partial charge is 0.467 e. The summed E-state index contributed by atoms with van der Waals surface area (Å²) in [5.74, 6) is 0.634. The van der Waals surface area contributed by atoms with Crippen LogP contribution in [0.4, 0.5) is 5.13 Å². The zero-order chi connectivity index (χ0) is 24.6. The van der Waals surface area contributed by atoms with E-state index in [4.69, 9.17) is 16.0 Å². The van der Waals surface area contributed by atoms with Gasteiger partial charge in [-0.25, -0.2) is 13.4 Å². The van der Waals surface area contributed by atoms with Crippen molar-refractivity contribution in [2.24, 2.45) is 5.92 Å². The van der Waals surface area contributed by atoms with E-state index in [1.807, 2.05) is 12.1 Å². The quantitative estimate of drug-likeness (QED) is 0.314. The molecule has 35 heavy (non-hydrogen) atoms. The number of fused-ring (bicyclic) bond motifs is 1. The maximum absolute atomic E-state index is 13.6. The van der Waals surface area contributed by atoms with Crippen LogP contribution in [0.2, 0.25) is 5.02 Å². The van der Waals surface area contributed by atoms with E-state index in [-0.39, 0.29) is 17.3 Å². The molecule has 10 heteroatoms. The lowest BCUT2D eigenvalue weighted by Gasteiger charge is -2.30. The maximum Gasteiger partial charge on any atom is 0.260 e. The standard InChI is InChI=1S/C25H24ClN3O4S2/c1-17-4-2-12-28(15-17)35(31,32)21-9-6-18(7-10-21)24(30)29(16-20-5-3-13-33-20)25-27-22-11-8-19(26)14-23(22)34-25/h3,5-11,13-14,17H,2,4,12,15-16H2,1H3. The molecule has 2 aromatic carbocycles. The summed E-state index contributed by atoms with van der Waals surface area (Å²) in [5.41, 5.74) is 1.10. The number of thiazole rings is 1. The van der Waals surface area contributed by atoms with Crippen LogP contribution in [0, 0.1) is 5.92 Å². The lowest BCUT2D eigenvalue weighted by molar-refractivity contribution is 0.0983. The van der Waals surface area contributed by atoms with Crippen LogP contribution in [-0.4, -0.2) is 36.7 Å². The van der Waals surface area contributed by atoms with Gasteiger partial charge in [0.15, 0.2) is 5.13 Å². The third kappa shape index (κ3) is 4.99. The van der Waals surface area contributed by atoms with Crippen molar-refractivity contribution in [1.82, 2.24) is 9.29 Å².